The van der Waals surface area contributed by atoms with Crippen molar-refractivity contribution in [3.8, 4) is 0 Å². The minimum atomic E-state index is -1.05. The number of aryl methyl sites for hydroxylation is 1. The lowest BCUT2D eigenvalue weighted by Gasteiger charge is -2.14. The summed E-state index contributed by atoms with van der Waals surface area (Å²) < 4.78 is 1.68. The fourth-order valence-electron chi connectivity index (χ4n) is 1.95. The average Bonchev–Trinajstić information content (AvgIpc) is 2.53. The number of aromatic carboxylic acids is 1. The second-order valence-corrected chi connectivity index (χ2v) is 3.82. The van der Waals surface area contributed by atoms with Crippen LogP contribution in [0.5, 0.6) is 0 Å². The Morgan fingerprint density at radius 3 is 2.81 bits per heavy atom. The van der Waals surface area contributed by atoms with Gasteiger partial charge in [0.1, 0.15) is 5.82 Å². The van der Waals surface area contributed by atoms with Gasteiger partial charge in [0.05, 0.1) is 0 Å². The van der Waals surface area contributed by atoms with Crippen molar-refractivity contribution in [3.63, 3.8) is 0 Å². The number of fused-ring (bicyclic) bond motifs is 1. The largest absolute Gasteiger partial charge is 0.476 e. The Hall–Kier alpha value is -1.85. The molecule has 16 heavy (non-hydrogen) atoms. The number of imidazole rings is 1. The van der Waals surface area contributed by atoms with Crippen LogP contribution in [-0.4, -0.2) is 26.5 Å². The summed E-state index contributed by atoms with van der Waals surface area (Å²) in [5, 5.41) is 11.6. The molecular formula is C10H13N3O3. The number of amides is 1. The number of anilines is 1. The van der Waals surface area contributed by atoms with E-state index in [2.05, 4.69) is 10.3 Å². The third kappa shape index (κ3) is 1.78. The van der Waals surface area contributed by atoms with Crippen molar-refractivity contribution in [2.24, 2.45) is 0 Å². The number of carbonyl (C=O) groups excluding carboxylic acids is 1. The number of nitrogens with one attached hydrogen (secondary N) is 1. The van der Waals surface area contributed by atoms with Gasteiger partial charge in [0.25, 0.3) is 0 Å². The van der Waals surface area contributed by atoms with E-state index in [0.29, 0.717) is 6.54 Å². The van der Waals surface area contributed by atoms with E-state index in [9.17, 15) is 9.59 Å². The van der Waals surface area contributed by atoms with E-state index in [0.717, 1.165) is 25.1 Å². The second kappa shape index (κ2) is 3.96. The van der Waals surface area contributed by atoms with E-state index in [4.69, 9.17) is 5.11 Å². The molecule has 1 aromatic heterocycles. The zero-order chi connectivity index (χ0) is 11.7. The predicted octanol–water partition coefficient (Wildman–Crippen LogP) is 0.876. The van der Waals surface area contributed by atoms with E-state index in [-0.39, 0.29) is 17.4 Å². The molecule has 2 N–H and O–H groups in total. The Balaban J connectivity index is 2.47. The van der Waals surface area contributed by atoms with Crippen LogP contribution in [0.1, 0.15) is 36.1 Å². The molecule has 0 bridgehead atoms. The van der Waals surface area contributed by atoms with Gasteiger partial charge in [-0.05, 0) is 12.8 Å². The molecule has 86 valence electrons. The molecular weight excluding hydrogens is 210 g/mol. The quantitative estimate of drug-likeness (QED) is 0.779. The third-order valence-corrected chi connectivity index (χ3v) is 2.58. The highest BCUT2D eigenvalue weighted by atomic mass is 16.4. The lowest BCUT2D eigenvalue weighted by Crippen LogP contribution is -2.17. The summed E-state index contributed by atoms with van der Waals surface area (Å²) in [7, 11) is 0. The minimum absolute atomic E-state index is 0.0879. The first-order valence-electron chi connectivity index (χ1n) is 5.20. The van der Waals surface area contributed by atoms with E-state index < -0.39 is 5.97 Å². The number of rotatable bonds is 2. The van der Waals surface area contributed by atoms with Gasteiger partial charge in [-0.1, -0.05) is 0 Å². The zero-order valence-corrected chi connectivity index (χ0v) is 8.99. The van der Waals surface area contributed by atoms with Crippen LogP contribution in [0, 0.1) is 0 Å². The summed E-state index contributed by atoms with van der Waals surface area (Å²) in [4.78, 5) is 26.2. The van der Waals surface area contributed by atoms with Gasteiger partial charge < -0.3 is 15.0 Å². The Morgan fingerprint density at radius 2 is 2.19 bits per heavy atom. The molecule has 1 aliphatic rings. The summed E-state index contributed by atoms with van der Waals surface area (Å²) in [6.45, 7) is 1.99. The maximum Gasteiger partial charge on any atom is 0.356 e. The number of carboxylic acid groups (broad SMARTS) is 1. The van der Waals surface area contributed by atoms with Crippen LogP contribution in [-0.2, 0) is 17.8 Å². The monoisotopic (exact) mass is 223 g/mol. The summed E-state index contributed by atoms with van der Waals surface area (Å²) >= 11 is 0. The number of carbonyl (C=O) groups is 2. The lowest BCUT2D eigenvalue weighted by atomic mass is 10.1. The highest BCUT2D eigenvalue weighted by Gasteiger charge is 2.24. The Kier molecular flexibility index (Phi) is 2.64. The molecule has 0 saturated carbocycles. The van der Waals surface area contributed by atoms with E-state index in [1.807, 2.05) is 0 Å². The number of nitrogens with zero attached hydrogens (tertiary/aromatic N) is 2. The molecule has 0 spiro atoms. The molecule has 0 unspecified atom stereocenters. The number of hydrogen-bond acceptors (Lipinski definition) is 3. The number of hydrogen-bond donors (Lipinski definition) is 2. The minimum Gasteiger partial charge on any atom is -0.476 e. The van der Waals surface area contributed by atoms with Crippen molar-refractivity contribution < 1.29 is 14.7 Å². The molecule has 0 aliphatic carbocycles. The van der Waals surface area contributed by atoms with E-state index in [1.165, 1.54) is 6.92 Å². The molecule has 0 fully saturated rings. The van der Waals surface area contributed by atoms with E-state index in [1.54, 1.807) is 4.57 Å². The lowest BCUT2D eigenvalue weighted by molar-refractivity contribution is -0.114. The van der Waals surface area contributed by atoms with Crippen LogP contribution < -0.4 is 5.32 Å². The number of carboxylic acids is 1. The number of aromatic nitrogens is 2. The fraction of sp³-hybridized carbons (Fsp3) is 0.500. The first kappa shape index (κ1) is 10.7. The third-order valence-electron chi connectivity index (χ3n) is 2.58. The highest BCUT2D eigenvalue weighted by molar-refractivity contribution is 5.97. The van der Waals surface area contributed by atoms with Crippen LogP contribution in [0.25, 0.3) is 0 Å². The van der Waals surface area contributed by atoms with Gasteiger partial charge in [0, 0.05) is 19.9 Å². The highest BCUT2D eigenvalue weighted by Crippen LogP contribution is 2.23. The Bertz CT molecular complexity index is 450. The maximum absolute atomic E-state index is 11.1. The van der Waals surface area contributed by atoms with E-state index >= 15 is 0 Å². The van der Waals surface area contributed by atoms with Gasteiger partial charge in [0.2, 0.25) is 5.91 Å². The summed E-state index contributed by atoms with van der Waals surface area (Å²) in [5.41, 5.74) is 0.0879. The van der Waals surface area contributed by atoms with Crippen LogP contribution in [0.15, 0.2) is 0 Å². The fourth-order valence-corrected chi connectivity index (χ4v) is 1.95. The van der Waals surface area contributed by atoms with Gasteiger partial charge in [-0.25, -0.2) is 9.78 Å². The summed E-state index contributed by atoms with van der Waals surface area (Å²) in [6.07, 6.45) is 2.72. The van der Waals surface area contributed by atoms with Gasteiger partial charge >= 0.3 is 5.97 Å². The van der Waals surface area contributed by atoms with Crippen molar-refractivity contribution in [2.75, 3.05) is 5.32 Å². The Labute approximate surface area is 92.3 Å². The van der Waals surface area contributed by atoms with Gasteiger partial charge in [-0.2, -0.15) is 0 Å². The first-order chi connectivity index (χ1) is 7.59. The molecule has 0 saturated heterocycles. The van der Waals surface area contributed by atoms with Crippen LogP contribution in [0.3, 0.4) is 0 Å². The molecule has 2 rings (SSSR count). The van der Waals surface area contributed by atoms with Crippen LogP contribution in [0.2, 0.25) is 0 Å². The van der Waals surface area contributed by atoms with Crippen molar-refractivity contribution in [1.82, 2.24) is 9.55 Å². The van der Waals surface area contributed by atoms with Crippen molar-refractivity contribution in [1.29, 1.82) is 0 Å². The summed E-state index contributed by atoms with van der Waals surface area (Å²) in [5.74, 6) is -0.452. The molecule has 6 nitrogen and oxygen atoms in total. The predicted molar refractivity (Wildman–Crippen MR) is 56.4 cm³/mol. The molecule has 6 heteroatoms. The Morgan fingerprint density at radius 1 is 1.44 bits per heavy atom. The van der Waals surface area contributed by atoms with Gasteiger partial charge in [-0.15, -0.1) is 0 Å². The smallest absolute Gasteiger partial charge is 0.356 e. The topological polar surface area (TPSA) is 84.2 Å². The SMILES string of the molecule is CC(=O)Nc1nc2n(c1C(=O)O)CCCC2. The molecule has 2 heterocycles. The van der Waals surface area contributed by atoms with Crippen LogP contribution >= 0.6 is 0 Å². The summed E-state index contributed by atoms with van der Waals surface area (Å²) in [6, 6.07) is 0. The normalized spacial score (nSPS) is 14.3. The first-order valence-corrected chi connectivity index (χ1v) is 5.20. The second-order valence-electron chi connectivity index (χ2n) is 3.82. The molecule has 0 radical (unpaired) electrons. The molecule has 0 aromatic carbocycles. The molecule has 1 aliphatic heterocycles. The molecule has 1 aromatic rings. The van der Waals surface area contributed by atoms with Crippen molar-refractivity contribution in [2.45, 2.75) is 32.7 Å². The standard InChI is InChI=1S/C10H13N3O3/c1-6(14)11-9-8(10(15)16)13-5-3-2-4-7(13)12-9/h2-5H2,1H3,(H,11,14)(H,15,16). The molecule has 0 atom stereocenters. The maximum atomic E-state index is 11.1. The average molecular weight is 223 g/mol. The van der Waals surface area contributed by atoms with Crippen LogP contribution in [0.4, 0.5) is 5.82 Å². The zero-order valence-electron chi connectivity index (χ0n) is 8.99. The van der Waals surface area contributed by atoms with Crippen molar-refractivity contribution in [3.05, 3.63) is 11.5 Å². The van der Waals surface area contributed by atoms with Gasteiger partial charge in [0.15, 0.2) is 11.5 Å². The molecule has 1 amide bonds. The van der Waals surface area contributed by atoms with Crippen molar-refractivity contribution >= 4 is 17.7 Å². The van der Waals surface area contributed by atoms with Gasteiger partial charge in [-0.3, -0.25) is 4.79 Å².